The molecule has 0 radical (unpaired) electrons. The van der Waals surface area contributed by atoms with Gasteiger partial charge in [0.1, 0.15) is 0 Å². The third-order valence-electron chi connectivity index (χ3n) is 5.30. The maximum Gasteiger partial charge on any atom is 0.254 e. The number of benzene rings is 1. The lowest BCUT2D eigenvalue weighted by Gasteiger charge is -2.33. The van der Waals surface area contributed by atoms with Crippen LogP contribution in [0.1, 0.15) is 53.2 Å². The van der Waals surface area contributed by atoms with Gasteiger partial charge in [-0.1, -0.05) is 12.1 Å². The van der Waals surface area contributed by atoms with E-state index in [1.807, 2.05) is 11.0 Å². The Bertz CT molecular complexity index is 862. The Morgan fingerprint density at radius 1 is 1.12 bits per heavy atom. The molecule has 0 bridgehead atoms. The molecule has 1 aliphatic heterocycles. The van der Waals surface area contributed by atoms with Gasteiger partial charge in [0.25, 0.3) is 5.91 Å². The van der Waals surface area contributed by atoms with Crippen LogP contribution in [-0.4, -0.2) is 34.9 Å². The van der Waals surface area contributed by atoms with Crippen molar-refractivity contribution in [1.29, 1.82) is 0 Å². The number of likely N-dealkylation sites (tertiary alicyclic amines) is 1. The van der Waals surface area contributed by atoms with Gasteiger partial charge in [0.05, 0.1) is 0 Å². The summed E-state index contributed by atoms with van der Waals surface area (Å²) < 4.78 is 0. The quantitative estimate of drug-likeness (QED) is 0.888. The van der Waals surface area contributed by atoms with Crippen molar-refractivity contribution in [3.8, 4) is 0 Å². The molecule has 1 aromatic heterocycles. The molecule has 4 rings (SSSR count). The molecule has 0 atom stereocenters. The second-order valence-corrected chi connectivity index (χ2v) is 7.54. The SMILES string of the molecule is Cc1cccc(NC2CCN(C(=O)c3cc(C4CC4)[nH]c(=O)c3)CC2)c1. The molecule has 136 valence electrons. The topological polar surface area (TPSA) is 65.2 Å². The van der Waals surface area contributed by atoms with Gasteiger partial charge in [0.15, 0.2) is 0 Å². The molecule has 1 saturated carbocycles. The first-order chi connectivity index (χ1) is 12.6. The number of nitrogens with one attached hydrogen (secondary N) is 2. The number of pyridine rings is 1. The van der Waals surface area contributed by atoms with Crippen LogP contribution >= 0.6 is 0 Å². The monoisotopic (exact) mass is 351 g/mol. The van der Waals surface area contributed by atoms with Gasteiger partial charge in [-0.2, -0.15) is 0 Å². The highest BCUT2D eigenvalue weighted by Gasteiger charge is 2.28. The van der Waals surface area contributed by atoms with E-state index in [2.05, 4.69) is 41.5 Å². The first-order valence-electron chi connectivity index (χ1n) is 9.45. The normalized spacial score (nSPS) is 18.0. The van der Waals surface area contributed by atoms with Gasteiger partial charge in [0, 0.05) is 42.1 Å². The fraction of sp³-hybridized carbons (Fsp3) is 0.429. The fourth-order valence-electron chi connectivity index (χ4n) is 3.68. The number of carbonyl (C=O) groups excluding carboxylic acids is 1. The molecule has 1 amide bonds. The number of carbonyl (C=O) groups is 1. The standard InChI is InChI=1S/C21H25N3O2/c1-14-3-2-4-18(11-14)22-17-7-9-24(10-8-17)21(26)16-12-19(15-5-6-15)23-20(25)13-16/h2-4,11-13,15,17,22H,5-10H2,1H3,(H,23,25). The van der Waals surface area contributed by atoms with Gasteiger partial charge in [-0.3, -0.25) is 9.59 Å². The van der Waals surface area contributed by atoms with Crippen molar-refractivity contribution in [2.24, 2.45) is 0 Å². The number of aromatic amines is 1. The molecule has 26 heavy (non-hydrogen) atoms. The number of anilines is 1. The fourth-order valence-corrected chi connectivity index (χ4v) is 3.68. The van der Waals surface area contributed by atoms with E-state index in [9.17, 15) is 9.59 Å². The Kier molecular flexibility index (Phi) is 4.53. The van der Waals surface area contributed by atoms with Crippen LogP contribution in [0.4, 0.5) is 5.69 Å². The van der Waals surface area contributed by atoms with Crippen LogP contribution in [0, 0.1) is 6.92 Å². The maximum absolute atomic E-state index is 12.8. The minimum Gasteiger partial charge on any atom is -0.382 e. The Hall–Kier alpha value is -2.56. The number of amides is 1. The number of aromatic nitrogens is 1. The number of H-pyrrole nitrogens is 1. The molecule has 1 saturated heterocycles. The second-order valence-electron chi connectivity index (χ2n) is 7.54. The Morgan fingerprint density at radius 2 is 1.88 bits per heavy atom. The van der Waals surface area contributed by atoms with Crippen molar-refractivity contribution in [2.45, 2.75) is 44.6 Å². The van der Waals surface area contributed by atoms with Crippen molar-refractivity contribution < 1.29 is 4.79 Å². The summed E-state index contributed by atoms with van der Waals surface area (Å²) in [5, 5.41) is 3.57. The zero-order valence-corrected chi connectivity index (χ0v) is 15.1. The first-order valence-corrected chi connectivity index (χ1v) is 9.45. The number of piperidine rings is 1. The summed E-state index contributed by atoms with van der Waals surface area (Å²) in [4.78, 5) is 29.4. The minimum atomic E-state index is -0.172. The van der Waals surface area contributed by atoms with Crippen LogP contribution in [0.2, 0.25) is 0 Å². The molecule has 2 heterocycles. The molecular weight excluding hydrogens is 326 g/mol. The van der Waals surface area contributed by atoms with E-state index in [1.54, 1.807) is 0 Å². The number of rotatable bonds is 4. The van der Waals surface area contributed by atoms with Crippen LogP contribution in [0.15, 0.2) is 41.2 Å². The van der Waals surface area contributed by atoms with Gasteiger partial charge in [-0.25, -0.2) is 0 Å². The van der Waals surface area contributed by atoms with E-state index in [4.69, 9.17) is 0 Å². The van der Waals surface area contributed by atoms with Crippen molar-refractivity contribution in [3.05, 3.63) is 63.6 Å². The lowest BCUT2D eigenvalue weighted by Crippen LogP contribution is -2.42. The van der Waals surface area contributed by atoms with Crippen LogP contribution in [-0.2, 0) is 0 Å². The van der Waals surface area contributed by atoms with Crippen LogP contribution in [0.5, 0.6) is 0 Å². The van der Waals surface area contributed by atoms with Gasteiger partial charge < -0.3 is 15.2 Å². The van der Waals surface area contributed by atoms with E-state index in [0.717, 1.165) is 37.1 Å². The Balaban J connectivity index is 1.38. The van der Waals surface area contributed by atoms with E-state index in [-0.39, 0.29) is 11.5 Å². The summed E-state index contributed by atoms with van der Waals surface area (Å²) in [5.41, 5.74) is 3.65. The molecule has 2 aliphatic rings. The van der Waals surface area contributed by atoms with Crippen molar-refractivity contribution in [1.82, 2.24) is 9.88 Å². The van der Waals surface area contributed by atoms with Crippen molar-refractivity contribution in [2.75, 3.05) is 18.4 Å². The predicted octanol–water partition coefficient (Wildman–Crippen LogP) is 3.28. The van der Waals surface area contributed by atoms with E-state index < -0.39 is 0 Å². The molecule has 5 heteroatoms. The van der Waals surface area contributed by atoms with Gasteiger partial charge in [0.2, 0.25) is 5.56 Å². The van der Waals surface area contributed by atoms with E-state index >= 15 is 0 Å². The lowest BCUT2D eigenvalue weighted by molar-refractivity contribution is 0.0718. The van der Waals surface area contributed by atoms with Crippen molar-refractivity contribution >= 4 is 11.6 Å². The average Bonchev–Trinajstić information content (AvgIpc) is 3.46. The molecule has 5 nitrogen and oxygen atoms in total. The largest absolute Gasteiger partial charge is 0.382 e. The third-order valence-corrected chi connectivity index (χ3v) is 5.30. The highest BCUT2D eigenvalue weighted by atomic mass is 16.2. The zero-order chi connectivity index (χ0) is 18.1. The Morgan fingerprint density at radius 3 is 2.58 bits per heavy atom. The molecule has 2 aromatic rings. The molecule has 0 unspecified atom stereocenters. The maximum atomic E-state index is 12.8. The zero-order valence-electron chi connectivity index (χ0n) is 15.1. The Labute approximate surface area is 153 Å². The second kappa shape index (κ2) is 6.98. The summed E-state index contributed by atoms with van der Waals surface area (Å²) in [6.45, 7) is 3.52. The van der Waals surface area contributed by atoms with Crippen molar-refractivity contribution in [3.63, 3.8) is 0 Å². The highest BCUT2D eigenvalue weighted by molar-refractivity contribution is 5.94. The molecular formula is C21H25N3O2. The number of nitrogens with zero attached hydrogens (tertiary/aromatic N) is 1. The summed E-state index contributed by atoms with van der Waals surface area (Å²) in [7, 11) is 0. The molecule has 2 N–H and O–H groups in total. The highest BCUT2D eigenvalue weighted by Crippen LogP contribution is 2.38. The minimum absolute atomic E-state index is 0.0213. The van der Waals surface area contributed by atoms with Crippen LogP contribution in [0.3, 0.4) is 0 Å². The summed E-state index contributed by atoms with van der Waals surface area (Å²) in [6, 6.07) is 12.1. The van der Waals surface area contributed by atoms with E-state index in [1.165, 1.54) is 11.6 Å². The molecule has 1 aliphatic carbocycles. The molecule has 0 spiro atoms. The van der Waals surface area contributed by atoms with Crippen LogP contribution < -0.4 is 10.9 Å². The predicted molar refractivity (Wildman–Crippen MR) is 103 cm³/mol. The van der Waals surface area contributed by atoms with Gasteiger partial charge in [-0.15, -0.1) is 0 Å². The summed E-state index contributed by atoms with van der Waals surface area (Å²) in [5.74, 6) is 0.409. The lowest BCUT2D eigenvalue weighted by atomic mass is 10.0. The third kappa shape index (κ3) is 3.82. The molecule has 2 fully saturated rings. The van der Waals surface area contributed by atoms with Gasteiger partial charge in [-0.05, 0) is 62.3 Å². The first kappa shape index (κ1) is 16.9. The smallest absolute Gasteiger partial charge is 0.254 e. The van der Waals surface area contributed by atoms with E-state index in [0.29, 0.717) is 30.6 Å². The van der Waals surface area contributed by atoms with Crippen LogP contribution in [0.25, 0.3) is 0 Å². The van der Waals surface area contributed by atoms with Gasteiger partial charge >= 0.3 is 0 Å². The number of hydrogen-bond donors (Lipinski definition) is 2. The number of aryl methyl sites for hydroxylation is 1. The summed E-state index contributed by atoms with van der Waals surface area (Å²) in [6.07, 6.45) is 4.03. The molecule has 1 aromatic carbocycles. The summed E-state index contributed by atoms with van der Waals surface area (Å²) >= 11 is 0. The number of hydrogen-bond acceptors (Lipinski definition) is 3. The average molecular weight is 351 g/mol.